The van der Waals surface area contributed by atoms with Crippen molar-refractivity contribution in [3.05, 3.63) is 57.1 Å². The maximum atomic E-state index is 14.0. The molecule has 2 aromatic rings. The standard InChI is InChI=1S/C15H12BrF2NO.CH4O/c1-8-3-4-12(9(2)5-8)19-15-10(7-20)6-11(16)13(17)14(15)18;1-2/h3-7,19H,1-2H3;2H,1H3. The van der Waals surface area contributed by atoms with Gasteiger partial charge in [-0.25, -0.2) is 8.78 Å². The van der Waals surface area contributed by atoms with E-state index >= 15 is 0 Å². The number of halogens is 3. The summed E-state index contributed by atoms with van der Waals surface area (Å²) in [6.45, 7) is 3.79. The number of rotatable bonds is 3. The smallest absolute Gasteiger partial charge is 0.184 e. The molecule has 0 aliphatic heterocycles. The molecule has 0 aromatic heterocycles. The highest BCUT2D eigenvalue weighted by Gasteiger charge is 2.17. The normalized spacial score (nSPS) is 9.77. The summed E-state index contributed by atoms with van der Waals surface area (Å²) in [5.41, 5.74) is 2.46. The van der Waals surface area contributed by atoms with Crippen LogP contribution in [0.2, 0.25) is 0 Å². The molecule has 0 aliphatic carbocycles. The predicted molar refractivity (Wildman–Crippen MR) is 86.8 cm³/mol. The topological polar surface area (TPSA) is 49.3 Å². The van der Waals surface area contributed by atoms with Crippen LogP contribution in [0.25, 0.3) is 0 Å². The van der Waals surface area contributed by atoms with E-state index in [9.17, 15) is 13.6 Å². The van der Waals surface area contributed by atoms with Crippen LogP contribution in [0.15, 0.2) is 28.7 Å². The molecule has 0 heterocycles. The zero-order valence-corrected chi connectivity index (χ0v) is 14.0. The fourth-order valence-corrected chi connectivity index (χ4v) is 2.34. The second-order valence-electron chi connectivity index (χ2n) is 4.51. The molecule has 0 saturated heterocycles. The molecule has 0 saturated carbocycles. The first kappa shape index (κ1) is 18.3. The van der Waals surface area contributed by atoms with Crippen LogP contribution < -0.4 is 5.32 Å². The van der Waals surface area contributed by atoms with Crippen molar-refractivity contribution in [1.29, 1.82) is 0 Å². The van der Waals surface area contributed by atoms with Crippen LogP contribution in [-0.4, -0.2) is 18.5 Å². The minimum Gasteiger partial charge on any atom is -0.400 e. The van der Waals surface area contributed by atoms with Crippen LogP contribution in [0.4, 0.5) is 20.2 Å². The number of nitrogens with one attached hydrogen (secondary N) is 1. The van der Waals surface area contributed by atoms with Crippen LogP contribution in [-0.2, 0) is 0 Å². The molecule has 2 aromatic carbocycles. The molecule has 0 amide bonds. The first-order chi connectivity index (χ1) is 10.4. The van der Waals surface area contributed by atoms with Crippen molar-refractivity contribution in [3.63, 3.8) is 0 Å². The highest BCUT2D eigenvalue weighted by atomic mass is 79.9. The molecule has 0 radical (unpaired) electrons. The molecule has 3 nitrogen and oxygen atoms in total. The number of carbonyl (C=O) groups is 1. The highest BCUT2D eigenvalue weighted by molar-refractivity contribution is 9.10. The minimum absolute atomic E-state index is 0.0516. The lowest BCUT2D eigenvalue weighted by Crippen LogP contribution is -2.03. The number of hydrogen-bond donors (Lipinski definition) is 2. The summed E-state index contributed by atoms with van der Waals surface area (Å²) >= 11 is 2.88. The van der Waals surface area contributed by atoms with Gasteiger partial charge in [-0.05, 0) is 47.5 Å². The number of carbonyl (C=O) groups excluding carboxylic acids is 1. The maximum absolute atomic E-state index is 14.0. The van der Waals surface area contributed by atoms with E-state index in [0.717, 1.165) is 18.2 Å². The van der Waals surface area contributed by atoms with Crippen molar-refractivity contribution in [2.24, 2.45) is 0 Å². The SMILES string of the molecule is CO.Cc1ccc(Nc2c(C=O)cc(Br)c(F)c2F)c(C)c1. The molecule has 118 valence electrons. The van der Waals surface area contributed by atoms with E-state index in [-0.39, 0.29) is 15.7 Å². The Morgan fingerprint density at radius 2 is 1.77 bits per heavy atom. The molecule has 6 heteroatoms. The summed E-state index contributed by atoms with van der Waals surface area (Å²) in [7, 11) is 1.00. The van der Waals surface area contributed by atoms with Gasteiger partial charge in [0.1, 0.15) is 0 Å². The Kier molecular flexibility index (Phi) is 6.64. The highest BCUT2D eigenvalue weighted by Crippen LogP contribution is 2.31. The second-order valence-corrected chi connectivity index (χ2v) is 5.37. The van der Waals surface area contributed by atoms with Crippen molar-refractivity contribution in [3.8, 4) is 0 Å². The monoisotopic (exact) mass is 371 g/mol. The van der Waals surface area contributed by atoms with Gasteiger partial charge >= 0.3 is 0 Å². The molecule has 0 spiro atoms. The van der Waals surface area contributed by atoms with Crippen molar-refractivity contribution in [2.45, 2.75) is 13.8 Å². The van der Waals surface area contributed by atoms with Gasteiger partial charge in [0.25, 0.3) is 0 Å². The lowest BCUT2D eigenvalue weighted by molar-refractivity contribution is 0.112. The number of aldehydes is 1. The summed E-state index contributed by atoms with van der Waals surface area (Å²) in [5, 5.41) is 9.79. The molecule has 0 unspecified atom stereocenters. The molecule has 0 aliphatic rings. The quantitative estimate of drug-likeness (QED) is 0.616. The van der Waals surface area contributed by atoms with Gasteiger partial charge in [-0.15, -0.1) is 0 Å². The van der Waals surface area contributed by atoms with Gasteiger partial charge in [-0.2, -0.15) is 0 Å². The van der Waals surface area contributed by atoms with E-state index in [2.05, 4.69) is 21.2 Å². The van der Waals surface area contributed by atoms with Crippen LogP contribution in [0.1, 0.15) is 21.5 Å². The summed E-state index contributed by atoms with van der Waals surface area (Å²) < 4.78 is 27.5. The fraction of sp³-hybridized carbons (Fsp3) is 0.188. The summed E-state index contributed by atoms with van der Waals surface area (Å²) in [6.07, 6.45) is 0.485. The Balaban J connectivity index is 0.00000116. The number of aliphatic hydroxyl groups is 1. The molecule has 22 heavy (non-hydrogen) atoms. The predicted octanol–water partition coefficient (Wildman–Crippen LogP) is 4.51. The zero-order chi connectivity index (χ0) is 16.9. The molecule has 0 fully saturated rings. The Morgan fingerprint density at radius 1 is 1.14 bits per heavy atom. The Bertz CT molecular complexity index is 690. The second kappa shape index (κ2) is 8.00. The van der Waals surface area contributed by atoms with E-state index in [1.807, 2.05) is 26.0 Å². The summed E-state index contributed by atoms with van der Waals surface area (Å²) in [6, 6.07) is 6.77. The molecule has 2 rings (SSSR count). The number of anilines is 2. The third-order valence-corrected chi connectivity index (χ3v) is 3.54. The van der Waals surface area contributed by atoms with Crippen LogP contribution >= 0.6 is 15.9 Å². The van der Waals surface area contributed by atoms with Gasteiger partial charge in [0, 0.05) is 18.4 Å². The average Bonchev–Trinajstić information content (AvgIpc) is 2.51. The summed E-state index contributed by atoms with van der Waals surface area (Å²) in [4.78, 5) is 11.0. The van der Waals surface area contributed by atoms with Gasteiger partial charge in [0.05, 0.1) is 10.2 Å². The Hall–Kier alpha value is -1.79. The third kappa shape index (κ3) is 3.90. The van der Waals surface area contributed by atoms with Crippen molar-refractivity contribution < 1.29 is 18.7 Å². The van der Waals surface area contributed by atoms with E-state index in [1.165, 1.54) is 6.07 Å². The van der Waals surface area contributed by atoms with Gasteiger partial charge in [-0.3, -0.25) is 4.79 Å². The van der Waals surface area contributed by atoms with Gasteiger partial charge < -0.3 is 10.4 Å². The Labute approximate surface area is 136 Å². The van der Waals surface area contributed by atoms with Crippen molar-refractivity contribution >= 4 is 33.6 Å². The lowest BCUT2D eigenvalue weighted by atomic mass is 10.1. The van der Waals surface area contributed by atoms with E-state index in [1.54, 1.807) is 6.07 Å². The molecule has 0 bridgehead atoms. The van der Waals surface area contributed by atoms with Gasteiger partial charge in [-0.1, -0.05) is 17.7 Å². The van der Waals surface area contributed by atoms with Crippen LogP contribution in [0.3, 0.4) is 0 Å². The molecule has 0 atom stereocenters. The first-order valence-corrected chi connectivity index (χ1v) is 7.15. The van der Waals surface area contributed by atoms with Gasteiger partial charge in [0.15, 0.2) is 17.9 Å². The van der Waals surface area contributed by atoms with Crippen LogP contribution in [0.5, 0.6) is 0 Å². The van der Waals surface area contributed by atoms with Crippen molar-refractivity contribution in [2.75, 3.05) is 12.4 Å². The molecular formula is C16H16BrF2NO2. The molecular weight excluding hydrogens is 356 g/mol. The number of benzene rings is 2. The average molecular weight is 372 g/mol. The molecule has 2 N–H and O–H groups in total. The van der Waals surface area contributed by atoms with E-state index in [0.29, 0.717) is 12.0 Å². The summed E-state index contributed by atoms with van der Waals surface area (Å²) in [5.74, 6) is -2.11. The maximum Gasteiger partial charge on any atom is 0.184 e. The fourth-order valence-electron chi connectivity index (χ4n) is 1.92. The Morgan fingerprint density at radius 3 is 2.32 bits per heavy atom. The number of aryl methyl sites for hydroxylation is 2. The van der Waals surface area contributed by atoms with Crippen LogP contribution in [0, 0.1) is 25.5 Å². The van der Waals surface area contributed by atoms with E-state index < -0.39 is 11.6 Å². The zero-order valence-electron chi connectivity index (χ0n) is 12.4. The first-order valence-electron chi connectivity index (χ1n) is 6.35. The number of hydrogen-bond acceptors (Lipinski definition) is 3. The van der Waals surface area contributed by atoms with Gasteiger partial charge in [0.2, 0.25) is 0 Å². The minimum atomic E-state index is -1.08. The lowest BCUT2D eigenvalue weighted by Gasteiger charge is -2.14. The third-order valence-electron chi connectivity index (χ3n) is 2.96. The van der Waals surface area contributed by atoms with Crippen molar-refractivity contribution in [1.82, 2.24) is 0 Å². The number of aliphatic hydroxyl groups excluding tert-OH is 1. The van der Waals surface area contributed by atoms with E-state index in [4.69, 9.17) is 5.11 Å². The largest absolute Gasteiger partial charge is 0.400 e.